The molecule has 2 atom stereocenters. The van der Waals surface area contributed by atoms with Crippen LogP contribution in [0.1, 0.15) is 45.4 Å². The Hall–Kier alpha value is -1.26. The van der Waals surface area contributed by atoms with Crippen molar-refractivity contribution in [2.24, 2.45) is 11.8 Å². The zero-order valence-electron chi connectivity index (χ0n) is 12.5. The van der Waals surface area contributed by atoms with Crippen molar-refractivity contribution in [3.05, 3.63) is 0 Å². The van der Waals surface area contributed by atoms with Crippen molar-refractivity contribution in [3.8, 4) is 0 Å². The van der Waals surface area contributed by atoms with E-state index in [-0.39, 0.29) is 18.0 Å². The predicted molar refractivity (Wildman–Crippen MR) is 76.5 cm³/mol. The number of hydrogen-bond acceptors (Lipinski definition) is 2. The van der Waals surface area contributed by atoms with Crippen LogP contribution in [0.2, 0.25) is 0 Å². The van der Waals surface area contributed by atoms with E-state index in [1.54, 1.807) is 0 Å². The number of carbonyl (C=O) groups excluding carboxylic acids is 1. The Morgan fingerprint density at radius 1 is 1.25 bits per heavy atom. The van der Waals surface area contributed by atoms with E-state index in [9.17, 15) is 9.59 Å². The van der Waals surface area contributed by atoms with Crippen LogP contribution < -0.4 is 0 Å². The number of piperidine rings is 1. The highest BCUT2D eigenvalue weighted by atomic mass is 16.4. The SMILES string of the molecule is CC1CC(C(=O)O)CCN1C(=O)N(C)CC1CCCC1. The van der Waals surface area contributed by atoms with Crippen LogP contribution in [0.25, 0.3) is 0 Å². The number of aliphatic carboxylic acids is 1. The lowest BCUT2D eigenvalue weighted by atomic mass is 9.92. The average Bonchev–Trinajstić information content (AvgIpc) is 2.90. The van der Waals surface area contributed by atoms with Crippen molar-refractivity contribution in [2.45, 2.75) is 51.5 Å². The average molecular weight is 282 g/mol. The summed E-state index contributed by atoms with van der Waals surface area (Å²) in [6, 6.07) is 0.0802. The monoisotopic (exact) mass is 282 g/mol. The number of hydrogen-bond donors (Lipinski definition) is 1. The normalized spacial score (nSPS) is 27.6. The molecule has 0 aromatic heterocycles. The topological polar surface area (TPSA) is 60.9 Å². The summed E-state index contributed by atoms with van der Waals surface area (Å²) < 4.78 is 0. The van der Waals surface area contributed by atoms with Crippen molar-refractivity contribution < 1.29 is 14.7 Å². The van der Waals surface area contributed by atoms with Gasteiger partial charge in [-0.15, -0.1) is 0 Å². The molecular formula is C15H26N2O3. The second-order valence-corrected chi connectivity index (χ2v) is 6.42. The Morgan fingerprint density at radius 2 is 1.90 bits per heavy atom. The third-order valence-electron chi connectivity index (χ3n) is 4.80. The summed E-state index contributed by atoms with van der Waals surface area (Å²) in [7, 11) is 1.87. The molecule has 2 rings (SSSR count). The molecule has 1 N–H and O–H groups in total. The van der Waals surface area contributed by atoms with Crippen LogP contribution >= 0.6 is 0 Å². The maximum atomic E-state index is 12.5. The summed E-state index contributed by atoms with van der Waals surface area (Å²) in [5.41, 5.74) is 0. The van der Waals surface area contributed by atoms with E-state index in [0.29, 0.717) is 25.3 Å². The Labute approximate surface area is 120 Å². The van der Waals surface area contributed by atoms with Crippen molar-refractivity contribution in [3.63, 3.8) is 0 Å². The summed E-state index contributed by atoms with van der Waals surface area (Å²) in [6.07, 6.45) is 6.17. The number of nitrogens with zero attached hydrogens (tertiary/aromatic N) is 2. The maximum absolute atomic E-state index is 12.5. The van der Waals surface area contributed by atoms with Crippen LogP contribution in [0.5, 0.6) is 0 Å². The molecule has 5 heteroatoms. The summed E-state index contributed by atoms with van der Waals surface area (Å²) in [5.74, 6) is -0.381. The van der Waals surface area contributed by atoms with Crippen molar-refractivity contribution in [1.82, 2.24) is 9.80 Å². The van der Waals surface area contributed by atoms with E-state index in [1.165, 1.54) is 25.7 Å². The van der Waals surface area contributed by atoms with Gasteiger partial charge in [0.05, 0.1) is 5.92 Å². The molecule has 1 heterocycles. The Balaban J connectivity index is 1.86. The quantitative estimate of drug-likeness (QED) is 0.864. The molecule has 2 amide bonds. The van der Waals surface area contributed by atoms with E-state index in [0.717, 1.165) is 6.54 Å². The van der Waals surface area contributed by atoms with Gasteiger partial charge in [0.1, 0.15) is 0 Å². The first-order valence-electron chi connectivity index (χ1n) is 7.73. The number of likely N-dealkylation sites (tertiary alicyclic amines) is 1. The molecule has 0 aromatic rings. The lowest BCUT2D eigenvalue weighted by Crippen LogP contribution is -2.51. The highest BCUT2D eigenvalue weighted by Gasteiger charge is 2.33. The second kappa shape index (κ2) is 6.46. The summed E-state index contributed by atoms with van der Waals surface area (Å²) in [6.45, 7) is 3.35. The van der Waals surface area contributed by atoms with Crippen molar-refractivity contribution in [2.75, 3.05) is 20.1 Å². The summed E-state index contributed by atoms with van der Waals surface area (Å²) in [4.78, 5) is 27.2. The minimum absolute atomic E-state index is 0.0170. The minimum atomic E-state index is -0.733. The van der Waals surface area contributed by atoms with E-state index in [2.05, 4.69) is 0 Å². The van der Waals surface area contributed by atoms with E-state index in [1.807, 2.05) is 23.8 Å². The largest absolute Gasteiger partial charge is 0.481 e. The molecule has 0 radical (unpaired) electrons. The lowest BCUT2D eigenvalue weighted by molar-refractivity contribution is -0.143. The molecular weight excluding hydrogens is 256 g/mol. The third kappa shape index (κ3) is 3.44. The van der Waals surface area contributed by atoms with Gasteiger partial charge in [0.2, 0.25) is 0 Å². The van der Waals surface area contributed by atoms with Crippen LogP contribution in [0.3, 0.4) is 0 Å². The molecule has 1 aliphatic carbocycles. The first-order chi connectivity index (χ1) is 9.49. The summed E-state index contributed by atoms with van der Waals surface area (Å²) in [5, 5.41) is 9.07. The second-order valence-electron chi connectivity index (χ2n) is 6.42. The van der Waals surface area contributed by atoms with Gasteiger partial charge < -0.3 is 14.9 Å². The predicted octanol–water partition coefficient (Wildman–Crippen LogP) is 2.41. The molecule has 0 bridgehead atoms. The van der Waals surface area contributed by atoms with E-state index in [4.69, 9.17) is 5.11 Å². The number of rotatable bonds is 3. The van der Waals surface area contributed by atoms with Crippen LogP contribution in [-0.4, -0.2) is 53.1 Å². The van der Waals surface area contributed by atoms with E-state index < -0.39 is 5.97 Å². The first-order valence-corrected chi connectivity index (χ1v) is 7.73. The Bertz CT molecular complexity index is 366. The molecule has 2 fully saturated rings. The summed E-state index contributed by atoms with van der Waals surface area (Å²) >= 11 is 0. The number of carboxylic acid groups (broad SMARTS) is 1. The number of urea groups is 1. The highest BCUT2D eigenvalue weighted by molar-refractivity contribution is 5.75. The Morgan fingerprint density at radius 3 is 2.45 bits per heavy atom. The van der Waals surface area contributed by atoms with Crippen molar-refractivity contribution in [1.29, 1.82) is 0 Å². The number of amides is 2. The van der Waals surface area contributed by atoms with Gasteiger partial charge in [-0.05, 0) is 38.5 Å². The van der Waals surface area contributed by atoms with Gasteiger partial charge in [-0.25, -0.2) is 4.79 Å². The highest BCUT2D eigenvalue weighted by Crippen LogP contribution is 2.27. The van der Waals surface area contributed by atoms with Crippen LogP contribution in [-0.2, 0) is 4.79 Å². The van der Waals surface area contributed by atoms with Gasteiger partial charge >= 0.3 is 12.0 Å². The fraction of sp³-hybridized carbons (Fsp3) is 0.867. The molecule has 2 unspecified atom stereocenters. The molecule has 1 aliphatic heterocycles. The molecule has 5 nitrogen and oxygen atoms in total. The lowest BCUT2D eigenvalue weighted by Gasteiger charge is -2.38. The van der Waals surface area contributed by atoms with Gasteiger partial charge in [-0.3, -0.25) is 4.79 Å². The fourth-order valence-electron chi connectivity index (χ4n) is 3.56. The number of carbonyl (C=O) groups is 2. The first kappa shape index (κ1) is 15.1. The fourth-order valence-corrected chi connectivity index (χ4v) is 3.56. The standard InChI is InChI=1S/C15H26N2O3/c1-11-9-13(14(18)19)7-8-17(11)15(20)16(2)10-12-5-3-4-6-12/h11-13H,3-10H2,1-2H3,(H,18,19). The van der Waals surface area contributed by atoms with Gasteiger partial charge in [0, 0.05) is 26.2 Å². The van der Waals surface area contributed by atoms with Crippen LogP contribution in [0.4, 0.5) is 4.79 Å². The van der Waals surface area contributed by atoms with Crippen LogP contribution in [0.15, 0.2) is 0 Å². The van der Waals surface area contributed by atoms with Gasteiger partial charge in [0.25, 0.3) is 0 Å². The molecule has 0 aromatic carbocycles. The van der Waals surface area contributed by atoms with Gasteiger partial charge in [-0.2, -0.15) is 0 Å². The Kier molecular flexibility index (Phi) is 4.89. The molecule has 0 spiro atoms. The van der Waals surface area contributed by atoms with Crippen molar-refractivity contribution >= 4 is 12.0 Å². The minimum Gasteiger partial charge on any atom is -0.481 e. The number of carboxylic acids is 1. The van der Waals surface area contributed by atoms with Crippen LogP contribution in [0, 0.1) is 11.8 Å². The zero-order chi connectivity index (χ0) is 14.7. The van der Waals surface area contributed by atoms with E-state index >= 15 is 0 Å². The molecule has 1 saturated carbocycles. The zero-order valence-corrected chi connectivity index (χ0v) is 12.5. The van der Waals surface area contributed by atoms with Gasteiger partial charge in [0.15, 0.2) is 0 Å². The van der Waals surface area contributed by atoms with Gasteiger partial charge in [-0.1, -0.05) is 12.8 Å². The third-order valence-corrected chi connectivity index (χ3v) is 4.80. The smallest absolute Gasteiger partial charge is 0.319 e. The molecule has 1 saturated heterocycles. The maximum Gasteiger partial charge on any atom is 0.319 e. The molecule has 2 aliphatic rings. The molecule has 114 valence electrons. The molecule has 20 heavy (non-hydrogen) atoms.